The molecule has 76 valence electrons. The standard InChI is InChI=1S/C12H22S/c1-3-4-8-11(2)13-12-9-6-5-7-10-12/h12H,2-10H2,1H3. The van der Waals surface area contributed by atoms with Crippen molar-refractivity contribution in [3.8, 4) is 0 Å². The van der Waals surface area contributed by atoms with Crippen molar-refractivity contribution in [2.45, 2.75) is 63.5 Å². The molecule has 0 spiro atoms. The van der Waals surface area contributed by atoms with Crippen LogP contribution in [0.15, 0.2) is 11.5 Å². The second-order valence-corrected chi connectivity index (χ2v) is 5.50. The van der Waals surface area contributed by atoms with E-state index in [1.807, 2.05) is 0 Å². The van der Waals surface area contributed by atoms with Gasteiger partial charge in [-0.1, -0.05) is 39.2 Å². The first-order valence-electron chi connectivity index (χ1n) is 5.67. The summed E-state index contributed by atoms with van der Waals surface area (Å²) < 4.78 is 0. The molecule has 0 radical (unpaired) electrons. The fourth-order valence-electron chi connectivity index (χ4n) is 1.85. The van der Waals surface area contributed by atoms with Crippen molar-refractivity contribution >= 4 is 11.8 Å². The lowest BCUT2D eigenvalue weighted by atomic mass is 10.0. The maximum atomic E-state index is 4.15. The van der Waals surface area contributed by atoms with Crippen molar-refractivity contribution in [2.24, 2.45) is 0 Å². The Balaban J connectivity index is 2.11. The molecule has 1 fully saturated rings. The summed E-state index contributed by atoms with van der Waals surface area (Å²) in [5, 5.41) is 0.901. The van der Waals surface area contributed by atoms with Crippen LogP contribution >= 0.6 is 11.8 Å². The lowest BCUT2D eigenvalue weighted by Crippen LogP contribution is -2.07. The highest BCUT2D eigenvalue weighted by atomic mass is 32.2. The number of rotatable bonds is 5. The minimum Gasteiger partial charge on any atom is -0.128 e. The normalized spacial score (nSPS) is 18.8. The molecule has 1 rings (SSSR count). The van der Waals surface area contributed by atoms with Crippen molar-refractivity contribution in [3.63, 3.8) is 0 Å². The molecule has 0 heterocycles. The Bertz CT molecular complexity index is 145. The van der Waals surface area contributed by atoms with Crippen LogP contribution in [0.1, 0.15) is 58.3 Å². The van der Waals surface area contributed by atoms with Gasteiger partial charge < -0.3 is 0 Å². The van der Waals surface area contributed by atoms with Crippen LogP contribution < -0.4 is 0 Å². The van der Waals surface area contributed by atoms with Gasteiger partial charge >= 0.3 is 0 Å². The molecule has 1 aliphatic carbocycles. The number of allylic oxidation sites excluding steroid dienone is 1. The molecule has 1 aliphatic rings. The fourth-order valence-corrected chi connectivity index (χ4v) is 3.15. The van der Waals surface area contributed by atoms with Gasteiger partial charge in [-0.15, -0.1) is 11.8 Å². The van der Waals surface area contributed by atoms with E-state index in [0.29, 0.717) is 0 Å². The van der Waals surface area contributed by atoms with Gasteiger partial charge in [-0.3, -0.25) is 0 Å². The minimum absolute atomic E-state index is 0.901. The number of unbranched alkanes of at least 4 members (excludes halogenated alkanes) is 1. The summed E-state index contributed by atoms with van der Waals surface area (Å²) in [6, 6.07) is 0. The van der Waals surface area contributed by atoms with Gasteiger partial charge in [0, 0.05) is 5.25 Å². The van der Waals surface area contributed by atoms with Crippen molar-refractivity contribution in [3.05, 3.63) is 11.5 Å². The molecule has 0 aliphatic heterocycles. The minimum atomic E-state index is 0.901. The molecule has 0 atom stereocenters. The molecule has 0 N–H and O–H groups in total. The first-order valence-corrected chi connectivity index (χ1v) is 6.55. The van der Waals surface area contributed by atoms with Gasteiger partial charge in [-0.25, -0.2) is 0 Å². The predicted molar refractivity (Wildman–Crippen MR) is 63.1 cm³/mol. The maximum Gasteiger partial charge on any atom is 0.00909 e. The van der Waals surface area contributed by atoms with Gasteiger partial charge in [0.1, 0.15) is 0 Å². The summed E-state index contributed by atoms with van der Waals surface area (Å²) >= 11 is 2.07. The smallest absolute Gasteiger partial charge is 0.00909 e. The Morgan fingerprint density at radius 1 is 1.31 bits per heavy atom. The zero-order valence-electron chi connectivity index (χ0n) is 8.85. The summed E-state index contributed by atoms with van der Waals surface area (Å²) in [4.78, 5) is 1.42. The molecule has 0 amide bonds. The summed E-state index contributed by atoms with van der Waals surface area (Å²) in [6.45, 7) is 6.40. The van der Waals surface area contributed by atoms with Crippen LogP contribution in [0.25, 0.3) is 0 Å². The van der Waals surface area contributed by atoms with Crippen LogP contribution in [0, 0.1) is 0 Å². The van der Waals surface area contributed by atoms with Gasteiger partial charge in [-0.05, 0) is 30.6 Å². The lowest BCUT2D eigenvalue weighted by molar-refractivity contribution is 0.516. The third-order valence-corrected chi connectivity index (χ3v) is 4.04. The maximum absolute atomic E-state index is 4.15. The Kier molecular flexibility index (Phi) is 5.61. The van der Waals surface area contributed by atoms with E-state index < -0.39 is 0 Å². The van der Waals surface area contributed by atoms with E-state index in [9.17, 15) is 0 Å². The van der Waals surface area contributed by atoms with E-state index in [-0.39, 0.29) is 0 Å². The van der Waals surface area contributed by atoms with Crippen molar-refractivity contribution in [1.82, 2.24) is 0 Å². The molecule has 1 saturated carbocycles. The van der Waals surface area contributed by atoms with Crippen molar-refractivity contribution in [2.75, 3.05) is 0 Å². The van der Waals surface area contributed by atoms with E-state index in [0.717, 1.165) is 5.25 Å². The highest BCUT2D eigenvalue weighted by molar-refractivity contribution is 8.03. The largest absolute Gasteiger partial charge is 0.128 e. The Morgan fingerprint density at radius 2 is 2.00 bits per heavy atom. The van der Waals surface area contributed by atoms with E-state index in [1.54, 1.807) is 0 Å². The Hall–Kier alpha value is 0.0900. The molecule has 0 aromatic heterocycles. The molecule has 0 nitrogen and oxygen atoms in total. The van der Waals surface area contributed by atoms with E-state index in [2.05, 4.69) is 25.3 Å². The molecule has 0 aromatic rings. The first-order chi connectivity index (χ1) is 6.33. The zero-order chi connectivity index (χ0) is 9.52. The highest BCUT2D eigenvalue weighted by Crippen LogP contribution is 2.33. The number of thioether (sulfide) groups is 1. The lowest BCUT2D eigenvalue weighted by Gasteiger charge is -2.21. The summed E-state index contributed by atoms with van der Waals surface area (Å²) in [7, 11) is 0. The van der Waals surface area contributed by atoms with Crippen LogP contribution in [0.4, 0.5) is 0 Å². The fraction of sp³-hybridized carbons (Fsp3) is 0.833. The summed E-state index contributed by atoms with van der Waals surface area (Å²) in [5.74, 6) is 0. The van der Waals surface area contributed by atoms with Gasteiger partial charge in [0.25, 0.3) is 0 Å². The molecule has 0 bridgehead atoms. The van der Waals surface area contributed by atoms with Crippen LogP contribution in [0.3, 0.4) is 0 Å². The number of hydrogen-bond acceptors (Lipinski definition) is 1. The van der Waals surface area contributed by atoms with Gasteiger partial charge in [-0.2, -0.15) is 0 Å². The van der Waals surface area contributed by atoms with Gasteiger partial charge in [0.15, 0.2) is 0 Å². The average Bonchev–Trinajstić information content (AvgIpc) is 2.16. The van der Waals surface area contributed by atoms with Gasteiger partial charge in [0.2, 0.25) is 0 Å². The van der Waals surface area contributed by atoms with E-state index in [4.69, 9.17) is 0 Å². The van der Waals surface area contributed by atoms with Gasteiger partial charge in [0.05, 0.1) is 0 Å². The second kappa shape index (κ2) is 6.53. The van der Waals surface area contributed by atoms with Crippen LogP contribution in [0.2, 0.25) is 0 Å². The highest BCUT2D eigenvalue weighted by Gasteiger charge is 2.14. The first kappa shape index (κ1) is 11.2. The topological polar surface area (TPSA) is 0 Å². The third kappa shape index (κ3) is 4.75. The SMILES string of the molecule is C=C(CCCC)SC1CCCCC1. The summed E-state index contributed by atoms with van der Waals surface area (Å²) in [6.07, 6.45) is 11.0. The van der Waals surface area contributed by atoms with Crippen LogP contribution in [-0.2, 0) is 0 Å². The van der Waals surface area contributed by atoms with E-state index >= 15 is 0 Å². The van der Waals surface area contributed by atoms with E-state index in [1.165, 1.54) is 56.3 Å². The molecule has 0 unspecified atom stereocenters. The summed E-state index contributed by atoms with van der Waals surface area (Å²) in [5.41, 5.74) is 0. The Labute approximate surface area is 87.2 Å². The molecular formula is C12H22S. The average molecular weight is 198 g/mol. The zero-order valence-corrected chi connectivity index (χ0v) is 9.67. The molecule has 0 saturated heterocycles. The molecule has 13 heavy (non-hydrogen) atoms. The van der Waals surface area contributed by atoms with Crippen LogP contribution in [0.5, 0.6) is 0 Å². The predicted octanol–water partition coefficient (Wildman–Crippen LogP) is 4.76. The quantitative estimate of drug-likeness (QED) is 0.614. The second-order valence-electron chi connectivity index (χ2n) is 4.02. The Morgan fingerprint density at radius 3 is 2.62 bits per heavy atom. The number of hydrogen-bond donors (Lipinski definition) is 0. The monoisotopic (exact) mass is 198 g/mol. The van der Waals surface area contributed by atoms with Crippen molar-refractivity contribution < 1.29 is 0 Å². The molecular weight excluding hydrogens is 176 g/mol. The molecule has 1 heteroatoms. The molecule has 0 aromatic carbocycles. The van der Waals surface area contributed by atoms with Crippen LogP contribution in [-0.4, -0.2) is 5.25 Å². The van der Waals surface area contributed by atoms with Crippen molar-refractivity contribution in [1.29, 1.82) is 0 Å². The third-order valence-electron chi connectivity index (χ3n) is 2.69.